The van der Waals surface area contributed by atoms with E-state index in [4.69, 9.17) is 4.52 Å². The van der Waals surface area contributed by atoms with Gasteiger partial charge >= 0.3 is 0 Å². The molecule has 4 fully saturated rings. The van der Waals surface area contributed by atoms with E-state index in [-0.39, 0.29) is 11.4 Å². The highest BCUT2D eigenvalue weighted by Gasteiger charge is 2.50. The summed E-state index contributed by atoms with van der Waals surface area (Å²) in [4.78, 5) is 4.47. The van der Waals surface area contributed by atoms with Crippen molar-refractivity contribution in [1.29, 1.82) is 0 Å². The number of hydrogen-bond donors (Lipinski definition) is 1. The van der Waals surface area contributed by atoms with Gasteiger partial charge in [-0.15, -0.1) is 0 Å². The Bertz CT molecular complexity index is 744. The van der Waals surface area contributed by atoms with Crippen molar-refractivity contribution in [3.05, 3.63) is 35.4 Å². The smallest absolute Gasteiger partial charge is 0.258 e. The predicted octanol–water partition coefficient (Wildman–Crippen LogP) is 4.24. The Morgan fingerprint density at radius 3 is 2.44 bits per heavy atom. The zero-order chi connectivity index (χ0) is 17.0. The minimum absolute atomic E-state index is 0.276. The van der Waals surface area contributed by atoms with Crippen LogP contribution in [0.1, 0.15) is 49.9 Å². The first kappa shape index (κ1) is 15.5. The molecule has 4 nitrogen and oxygen atoms in total. The molecule has 25 heavy (non-hydrogen) atoms. The molecular formula is C20H24FN3O. The molecule has 4 bridgehead atoms. The predicted molar refractivity (Wildman–Crippen MR) is 92.2 cm³/mol. The Balaban J connectivity index is 1.30. The molecule has 132 valence electrons. The lowest BCUT2D eigenvalue weighted by molar-refractivity contribution is -0.0209. The molecular weight excluding hydrogens is 317 g/mol. The van der Waals surface area contributed by atoms with Gasteiger partial charge in [-0.2, -0.15) is 4.98 Å². The Labute approximate surface area is 147 Å². The SMILES string of the molecule is Cc1cc(F)cc(-c2nc(CNC34CC5CC(CC(C5)C3)C4)no2)c1. The summed E-state index contributed by atoms with van der Waals surface area (Å²) >= 11 is 0. The van der Waals surface area contributed by atoms with Crippen LogP contribution >= 0.6 is 0 Å². The van der Waals surface area contributed by atoms with Crippen molar-refractivity contribution in [2.45, 2.75) is 57.5 Å². The van der Waals surface area contributed by atoms with Crippen molar-refractivity contribution in [2.75, 3.05) is 0 Å². The van der Waals surface area contributed by atoms with Crippen LogP contribution in [0.2, 0.25) is 0 Å². The third kappa shape index (κ3) is 2.88. The van der Waals surface area contributed by atoms with E-state index >= 15 is 0 Å². The van der Waals surface area contributed by atoms with E-state index in [2.05, 4.69) is 15.5 Å². The first-order valence-electron chi connectivity index (χ1n) is 9.42. The minimum Gasteiger partial charge on any atom is -0.334 e. The molecule has 4 saturated carbocycles. The molecule has 1 N–H and O–H groups in total. The number of halogens is 1. The maximum absolute atomic E-state index is 13.6. The third-order valence-corrected chi connectivity index (χ3v) is 6.42. The van der Waals surface area contributed by atoms with Crippen molar-refractivity contribution in [1.82, 2.24) is 15.5 Å². The van der Waals surface area contributed by atoms with Crippen LogP contribution in [0, 0.1) is 30.5 Å². The molecule has 0 spiro atoms. The molecule has 1 aromatic carbocycles. The van der Waals surface area contributed by atoms with Crippen molar-refractivity contribution in [2.24, 2.45) is 17.8 Å². The van der Waals surface area contributed by atoms with Gasteiger partial charge in [0.15, 0.2) is 5.82 Å². The van der Waals surface area contributed by atoms with Crippen LogP contribution in [0.25, 0.3) is 11.5 Å². The summed E-state index contributed by atoms with van der Waals surface area (Å²) in [6, 6.07) is 4.80. The highest BCUT2D eigenvalue weighted by molar-refractivity contribution is 5.54. The molecule has 2 aromatic rings. The molecule has 0 aliphatic heterocycles. The van der Waals surface area contributed by atoms with Crippen LogP contribution in [0.5, 0.6) is 0 Å². The van der Waals surface area contributed by atoms with Gasteiger partial charge in [0.1, 0.15) is 5.82 Å². The average Bonchev–Trinajstić information content (AvgIpc) is 3.00. The van der Waals surface area contributed by atoms with Crippen LogP contribution < -0.4 is 5.32 Å². The van der Waals surface area contributed by atoms with Crippen LogP contribution in [0.4, 0.5) is 4.39 Å². The van der Waals surface area contributed by atoms with Gasteiger partial charge in [0.05, 0.1) is 6.54 Å². The summed E-state index contributed by atoms with van der Waals surface area (Å²) in [6.07, 6.45) is 8.21. The summed E-state index contributed by atoms with van der Waals surface area (Å²) in [5.74, 6) is 3.51. The van der Waals surface area contributed by atoms with E-state index < -0.39 is 0 Å². The van der Waals surface area contributed by atoms with Crippen LogP contribution in [-0.4, -0.2) is 15.7 Å². The molecule has 4 aliphatic carbocycles. The zero-order valence-corrected chi connectivity index (χ0v) is 14.6. The Morgan fingerprint density at radius 1 is 1.12 bits per heavy atom. The van der Waals surface area contributed by atoms with Crippen LogP contribution in [0.3, 0.4) is 0 Å². The van der Waals surface area contributed by atoms with E-state index in [1.165, 1.54) is 50.7 Å². The quantitative estimate of drug-likeness (QED) is 0.903. The van der Waals surface area contributed by atoms with Gasteiger partial charge in [-0.05, 0) is 87.0 Å². The highest BCUT2D eigenvalue weighted by atomic mass is 19.1. The first-order chi connectivity index (χ1) is 12.1. The Kier molecular flexibility index (Phi) is 3.49. The topological polar surface area (TPSA) is 51.0 Å². The fourth-order valence-corrected chi connectivity index (χ4v) is 5.90. The summed E-state index contributed by atoms with van der Waals surface area (Å²) in [5.41, 5.74) is 1.78. The lowest BCUT2D eigenvalue weighted by Gasteiger charge is -2.57. The number of aromatic nitrogens is 2. The molecule has 5 heteroatoms. The van der Waals surface area contributed by atoms with Gasteiger partial charge in [-0.3, -0.25) is 0 Å². The van der Waals surface area contributed by atoms with E-state index in [0.717, 1.165) is 23.3 Å². The van der Waals surface area contributed by atoms with Gasteiger partial charge in [0, 0.05) is 11.1 Å². The van der Waals surface area contributed by atoms with Gasteiger partial charge in [-0.1, -0.05) is 5.16 Å². The van der Waals surface area contributed by atoms with E-state index in [1.54, 1.807) is 0 Å². The van der Waals surface area contributed by atoms with Crippen molar-refractivity contribution in [3.63, 3.8) is 0 Å². The average molecular weight is 341 g/mol. The minimum atomic E-state index is -0.276. The van der Waals surface area contributed by atoms with Gasteiger partial charge in [0.25, 0.3) is 5.89 Å². The number of hydrogen-bond acceptors (Lipinski definition) is 4. The Hall–Kier alpha value is -1.75. The van der Waals surface area contributed by atoms with Crippen molar-refractivity contribution in [3.8, 4) is 11.5 Å². The molecule has 4 aliphatic rings. The molecule has 1 heterocycles. The highest BCUT2D eigenvalue weighted by Crippen LogP contribution is 2.55. The molecule has 6 rings (SSSR count). The number of nitrogens with zero attached hydrogens (tertiary/aromatic N) is 2. The van der Waals surface area contributed by atoms with Crippen molar-refractivity contribution < 1.29 is 8.91 Å². The number of aryl methyl sites for hydroxylation is 1. The zero-order valence-electron chi connectivity index (χ0n) is 14.6. The second-order valence-corrected chi connectivity index (χ2v) is 8.58. The molecule has 0 radical (unpaired) electrons. The standard InChI is InChI=1S/C20H24FN3O/c1-12-2-16(7-17(21)3-12)19-23-18(24-25-19)11-22-20-8-13-4-14(9-20)6-15(5-13)10-20/h2-3,7,13-15,22H,4-6,8-11H2,1H3. The first-order valence-corrected chi connectivity index (χ1v) is 9.42. The van der Waals surface area contributed by atoms with Gasteiger partial charge < -0.3 is 9.84 Å². The fraction of sp³-hybridized carbons (Fsp3) is 0.600. The Morgan fingerprint density at radius 2 is 1.80 bits per heavy atom. The molecule has 0 saturated heterocycles. The lowest BCUT2D eigenvalue weighted by atomic mass is 9.53. The third-order valence-electron chi connectivity index (χ3n) is 6.42. The summed E-state index contributed by atoms with van der Waals surface area (Å²) < 4.78 is 19.0. The molecule has 1 aromatic heterocycles. The van der Waals surface area contributed by atoms with Crippen molar-refractivity contribution >= 4 is 0 Å². The number of rotatable bonds is 4. The van der Waals surface area contributed by atoms with Crippen LogP contribution in [0.15, 0.2) is 22.7 Å². The monoisotopic (exact) mass is 341 g/mol. The lowest BCUT2D eigenvalue weighted by Crippen LogP contribution is -2.58. The molecule has 0 amide bonds. The summed E-state index contributed by atoms with van der Waals surface area (Å²) in [6.45, 7) is 2.49. The van der Waals surface area contributed by atoms with Gasteiger partial charge in [0.2, 0.25) is 0 Å². The molecule has 0 unspecified atom stereocenters. The van der Waals surface area contributed by atoms with Crippen LogP contribution in [-0.2, 0) is 6.54 Å². The second kappa shape index (κ2) is 5.63. The summed E-state index contributed by atoms with van der Waals surface area (Å²) in [5, 5.41) is 7.87. The number of nitrogens with one attached hydrogen (secondary N) is 1. The number of benzene rings is 1. The summed E-state index contributed by atoms with van der Waals surface area (Å²) in [7, 11) is 0. The van der Waals surface area contributed by atoms with E-state index in [0.29, 0.717) is 23.8 Å². The largest absolute Gasteiger partial charge is 0.334 e. The normalized spacial score (nSPS) is 33.1. The van der Waals surface area contributed by atoms with E-state index in [1.807, 2.05) is 13.0 Å². The maximum Gasteiger partial charge on any atom is 0.258 e. The van der Waals surface area contributed by atoms with E-state index in [9.17, 15) is 4.39 Å². The maximum atomic E-state index is 13.6. The van der Waals surface area contributed by atoms with Gasteiger partial charge in [-0.25, -0.2) is 4.39 Å². The second-order valence-electron chi connectivity index (χ2n) is 8.58. The fourth-order valence-electron chi connectivity index (χ4n) is 5.90. The molecule has 0 atom stereocenters.